The van der Waals surface area contributed by atoms with Crippen LogP contribution in [-0.2, 0) is 0 Å². The first-order valence-corrected chi connectivity index (χ1v) is 6.22. The summed E-state index contributed by atoms with van der Waals surface area (Å²) in [7, 11) is 3.99. The van der Waals surface area contributed by atoms with E-state index in [0.717, 1.165) is 17.1 Å². The molecule has 0 aromatic heterocycles. The average molecular weight is 272 g/mol. The lowest BCUT2D eigenvalue weighted by molar-refractivity contribution is 1.13. The number of hydrogen-bond acceptors (Lipinski definition) is 3. The van der Waals surface area contributed by atoms with E-state index in [1.54, 1.807) is 12.1 Å². The van der Waals surface area contributed by atoms with Crippen molar-refractivity contribution >= 4 is 28.7 Å². The molecule has 0 spiro atoms. The number of nitrogens with one attached hydrogen (secondary N) is 1. The molecule has 0 saturated carbocycles. The van der Waals surface area contributed by atoms with Gasteiger partial charge in [-0.25, -0.2) is 0 Å². The Bertz CT molecular complexity index is 630. The van der Waals surface area contributed by atoms with Crippen LogP contribution in [0.1, 0.15) is 5.56 Å². The molecule has 0 saturated heterocycles. The Labute approximate surface area is 118 Å². The van der Waals surface area contributed by atoms with Crippen LogP contribution >= 0.6 is 11.6 Å². The van der Waals surface area contributed by atoms with Gasteiger partial charge in [-0.3, -0.25) is 0 Å². The highest BCUT2D eigenvalue weighted by Gasteiger charge is 2.03. The number of nitriles is 1. The zero-order chi connectivity index (χ0) is 13.8. The molecule has 0 heterocycles. The Morgan fingerprint density at radius 1 is 1.16 bits per heavy atom. The molecular formula is C15H14ClN3. The quantitative estimate of drug-likeness (QED) is 0.916. The molecule has 0 atom stereocenters. The molecule has 4 heteroatoms. The van der Waals surface area contributed by atoms with Gasteiger partial charge in [-0.1, -0.05) is 17.7 Å². The standard InChI is InChI=1S/C15H14ClN3/c1-19(2)13-5-3-4-12(9-13)18-15-7-6-11(10-17)8-14(15)16/h3-9,18H,1-2H3. The molecule has 0 bridgehead atoms. The molecule has 0 unspecified atom stereocenters. The Balaban J connectivity index is 2.26. The van der Waals surface area contributed by atoms with Crippen LogP contribution in [0.25, 0.3) is 0 Å². The van der Waals surface area contributed by atoms with Crippen molar-refractivity contribution in [1.82, 2.24) is 0 Å². The Morgan fingerprint density at radius 2 is 1.95 bits per heavy atom. The molecule has 0 aliphatic rings. The summed E-state index contributed by atoms with van der Waals surface area (Å²) in [6, 6.07) is 15.3. The van der Waals surface area contributed by atoms with E-state index < -0.39 is 0 Å². The Morgan fingerprint density at radius 3 is 2.58 bits per heavy atom. The van der Waals surface area contributed by atoms with Gasteiger partial charge in [0.15, 0.2) is 0 Å². The summed E-state index contributed by atoms with van der Waals surface area (Å²) in [6.07, 6.45) is 0. The van der Waals surface area contributed by atoms with Crippen LogP contribution < -0.4 is 10.2 Å². The van der Waals surface area contributed by atoms with Crippen molar-refractivity contribution in [3.8, 4) is 6.07 Å². The summed E-state index contributed by atoms with van der Waals surface area (Å²) < 4.78 is 0. The van der Waals surface area contributed by atoms with Crippen molar-refractivity contribution in [2.45, 2.75) is 0 Å². The average Bonchev–Trinajstić information content (AvgIpc) is 2.41. The van der Waals surface area contributed by atoms with Crippen LogP contribution in [0.3, 0.4) is 0 Å². The number of halogens is 1. The fraction of sp³-hybridized carbons (Fsp3) is 0.133. The largest absolute Gasteiger partial charge is 0.378 e. The molecule has 0 aliphatic heterocycles. The van der Waals surface area contributed by atoms with E-state index in [-0.39, 0.29) is 0 Å². The molecule has 19 heavy (non-hydrogen) atoms. The second-order valence-electron chi connectivity index (χ2n) is 4.38. The number of hydrogen-bond donors (Lipinski definition) is 1. The van der Waals surface area contributed by atoms with Crippen molar-refractivity contribution in [2.24, 2.45) is 0 Å². The fourth-order valence-corrected chi connectivity index (χ4v) is 1.93. The molecule has 0 amide bonds. The lowest BCUT2D eigenvalue weighted by Gasteiger charge is -2.15. The van der Waals surface area contributed by atoms with Gasteiger partial charge < -0.3 is 10.2 Å². The molecule has 3 nitrogen and oxygen atoms in total. The molecule has 0 radical (unpaired) electrons. The van der Waals surface area contributed by atoms with Crippen LogP contribution in [0.15, 0.2) is 42.5 Å². The summed E-state index contributed by atoms with van der Waals surface area (Å²) in [6.45, 7) is 0. The predicted octanol–water partition coefficient (Wildman–Crippen LogP) is 4.02. The van der Waals surface area contributed by atoms with Gasteiger partial charge in [-0.2, -0.15) is 5.26 Å². The molecule has 2 aromatic rings. The van der Waals surface area contributed by atoms with Crippen LogP contribution in [0.2, 0.25) is 5.02 Å². The zero-order valence-electron chi connectivity index (χ0n) is 10.8. The second-order valence-corrected chi connectivity index (χ2v) is 4.78. The van der Waals surface area contributed by atoms with Gasteiger partial charge in [0.05, 0.1) is 22.3 Å². The maximum absolute atomic E-state index is 8.81. The smallest absolute Gasteiger partial charge is 0.0992 e. The third-order valence-corrected chi connectivity index (χ3v) is 3.05. The van der Waals surface area contributed by atoms with Crippen molar-refractivity contribution in [1.29, 1.82) is 5.26 Å². The highest BCUT2D eigenvalue weighted by molar-refractivity contribution is 6.33. The van der Waals surface area contributed by atoms with E-state index in [0.29, 0.717) is 10.6 Å². The first-order valence-electron chi connectivity index (χ1n) is 5.84. The van der Waals surface area contributed by atoms with E-state index in [1.807, 2.05) is 49.3 Å². The highest BCUT2D eigenvalue weighted by atomic mass is 35.5. The predicted molar refractivity (Wildman–Crippen MR) is 80.2 cm³/mol. The van der Waals surface area contributed by atoms with Crippen LogP contribution in [0.4, 0.5) is 17.1 Å². The minimum Gasteiger partial charge on any atom is -0.378 e. The maximum atomic E-state index is 8.81. The number of rotatable bonds is 3. The highest BCUT2D eigenvalue weighted by Crippen LogP contribution is 2.27. The maximum Gasteiger partial charge on any atom is 0.0992 e. The van der Waals surface area contributed by atoms with Crippen molar-refractivity contribution in [2.75, 3.05) is 24.3 Å². The first-order chi connectivity index (χ1) is 9.10. The number of anilines is 3. The molecule has 96 valence electrons. The molecule has 1 N–H and O–H groups in total. The second kappa shape index (κ2) is 5.64. The SMILES string of the molecule is CN(C)c1cccc(Nc2ccc(C#N)cc2Cl)c1. The Hall–Kier alpha value is -2.18. The van der Waals surface area contributed by atoms with Gasteiger partial charge in [-0.05, 0) is 36.4 Å². The van der Waals surface area contributed by atoms with E-state index in [4.69, 9.17) is 16.9 Å². The van der Waals surface area contributed by atoms with Crippen molar-refractivity contribution < 1.29 is 0 Å². The number of benzene rings is 2. The van der Waals surface area contributed by atoms with Gasteiger partial charge in [0, 0.05) is 25.5 Å². The summed E-state index contributed by atoms with van der Waals surface area (Å²) in [5.74, 6) is 0. The lowest BCUT2D eigenvalue weighted by Crippen LogP contribution is -2.08. The molecule has 2 aromatic carbocycles. The van der Waals surface area contributed by atoms with E-state index in [2.05, 4.69) is 11.4 Å². The van der Waals surface area contributed by atoms with E-state index in [1.165, 1.54) is 0 Å². The Kier molecular flexibility index (Phi) is 3.94. The summed E-state index contributed by atoms with van der Waals surface area (Å²) in [5, 5.41) is 12.6. The number of nitrogens with zero attached hydrogens (tertiary/aromatic N) is 2. The van der Waals surface area contributed by atoms with Gasteiger partial charge in [0.1, 0.15) is 0 Å². The molecule has 2 rings (SSSR count). The minimum atomic E-state index is 0.536. The topological polar surface area (TPSA) is 39.1 Å². The van der Waals surface area contributed by atoms with Gasteiger partial charge in [-0.15, -0.1) is 0 Å². The normalized spacial score (nSPS) is 9.79. The van der Waals surface area contributed by atoms with Crippen molar-refractivity contribution in [3.05, 3.63) is 53.1 Å². The van der Waals surface area contributed by atoms with Crippen LogP contribution in [-0.4, -0.2) is 14.1 Å². The monoisotopic (exact) mass is 271 g/mol. The molecule has 0 fully saturated rings. The van der Waals surface area contributed by atoms with Crippen LogP contribution in [0.5, 0.6) is 0 Å². The van der Waals surface area contributed by atoms with Crippen LogP contribution in [0, 0.1) is 11.3 Å². The lowest BCUT2D eigenvalue weighted by atomic mass is 10.2. The van der Waals surface area contributed by atoms with E-state index >= 15 is 0 Å². The first kappa shape index (κ1) is 13.3. The minimum absolute atomic E-state index is 0.536. The fourth-order valence-electron chi connectivity index (χ4n) is 1.70. The zero-order valence-corrected chi connectivity index (χ0v) is 11.6. The summed E-state index contributed by atoms with van der Waals surface area (Å²) in [5.41, 5.74) is 3.40. The molecule has 0 aliphatic carbocycles. The van der Waals surface area contributed by atoms with Crippen molar-refractivity contribution in [3.63, 3.8) is 0 Å². The van der Waals surface area contributed by atoms with Gasteiger partial charge in [0.2, 0.25) is 0 Å². The molecular weight excluding hydrogens is 258 g/mol. The summed E-state index contributed by atoms with van der Waals surface area (Å²) >= 11 is 6.14. The van der Waals surface area contributed by atoms with Gasteiger partial charge in [0.25, 0.3) is 0 Å². The van der Waals surface area contributed by atoms with E-state index in [9.17, 15) is 0 Å². The third-order valence-electron chi connectivity index (χ3n) is 2.74. The summed E-state index contributed by atoms with van der Waals surface area (Å²) in [4.78, 5) is 2.03. The third kappa shape index (κ3) is 3.18. The van der Waals surface area contributed by atoms with Gasteiger partial charge >= 0.3 is 0 Å².